The summed E-state index contributed by atoms with van der Waals surface area (Å²) in [5.41, 5.74) is 1.18. The number of nitrogens with one attached hydrogen (secondary N) is 4. The highest BCUT2D eigenvalue weighted by Crippen LogP contribution is 2.44. The van der Waals surface area contributed by atoms with Crippen molar-refractivity contribution in [2.75, 3.05) is 39.3 Å². The Balaban J connectivity index is 0.000000450. The van der Waals surface area contributed by atoms with E-state index in [1.807, 2.05) is 0 Å². The molecule has 0 aliphatic carbocycles. The molecule has 0 fully saturated rings. The molecule has 5 rings (SSSR count). The molecule has 1 heterocycles. The number of Topliss-reactive ketones (excluding diaryl/α,β-unsaturated/α-hetero) is 1. The molecule has 5 aromatic rings. The zero-order valence-electron chi connectivity index (χ0n) is 32.3. The maximum absolute atomic E-state index is 12.5. The third-order valence-electron chi connectivity index (χ3n) is 7.41. The van der Waals surface area contributed by atoms with E-state index in [-0.39, 0.29) is 84.5 Å². The second kappa shape index (κ2) is 24.6. The van der Waals surface area contributed by atoms with Gasteiger partial charge in [0.05, 0.1) is 18.5 Å². The van der Waals surface area contributed by atoms with Crippen molar-refractivity contribution >= 4 is 71.9 Å². The maximum Gasteiger partial charge on any atom is 0.412 e. The second-order valence-electron chi connectivity index (χ2n) is 12.3. The number of furan rings is 1. The van der Waals surface area contributed by atoms with E-state index in [0.717, 1.165) is 0 Å². The topological polar surface area (TPSA) is 346 Å². The summed E-state index contributed by atoms with van der Waals surface area (Å²) < 4.78 is 75.1. The summed E-state index contributed by atoms with van der Waals surface area (Å²) in [5, 5.41) is 28.5. The second-order valence-corrected chi connectivity index (χ2v) is 15.2. The molecule has 0 aliphatic heterocycles. The lowest BCUT2D eigenvalue weighted by molar-refractivity contribution is -0.136. The summed E-state index contributed by atoms with van der Waals surface area (Å²) in [6.45, 7) is 1.28. The molecule has 0 atom stereocenters. The summed E-state index contributed by atoms with van der Waals surface area (Å²) in [5.74, 6) is -3.11. The first-order chi connectivity index (χ1) is 28.3. The Morgan fingerprint density at radius 1 is 0.590 bits per heavy atom. The molecule has 330 valence electrons. The van der Waals surface area contributed by atoms with Gasteiger partial charge in [0.25, 0.3) is 20.2 Å². The number of amides is 2. The number of carbonyl (C=O) groups excluding carboxylic acids is 3. The summed E-state index contributed by atoms with van der Waals surface area (Å²) >= 11 is 0. The molecule has 10 N–H and O–H groups in total. The third-order valence-corrected chi connectivity index (χ3v) is 8.81. The van der Waals surface area contributed by atoms with Crippen molar-refractivity contribution in [1.29, 1.82) is 0 Å². The molecule has 1 aromatic heterocycles. The van der Waals surface area contributed by atoms with Crippen molar-refractivity contribution < 1.29 is 79.5 Å². The zero-order chi connectivity index (χ0) is 44.3. The van der Waals surface area contributed by atoms with E-state index < -0.39 is 50.1 Å². The summed E-state index contributed by atoms with van der Waals surface area (Å²) in [4.78, 5) is 58.2. The highest BCUT2D eigenvalue weighted by Gasteiger charge is 2.25. The minimum Gasteiger partial charge on any atom is -0.480 e. The molecule has 0 unspecified atom stereocenters. The molecule has 0 saturated heterocycles. The molecule has 61 heavy (non-hydrogen) atoms. The SMILES string of the molecule is CC(=O)c1cc2c(OC(=O)NCCNCC(=O)O)c3ccccc3c(OC(=O)NCCNCC(=O)O)c2o1.O.O=S(=O)(O)Cc1ccccc1.O=S(=O)(O)Cc1ccccc1. The molecule has 23 heteroatoms. The number of fused-ring (bicyclic) bond motifs is 2. The number of carboxylic acid groups (broad SMARTS) is 2. The van der Waals surface area contributed by atoms with Gasteiger partial charge >= 0.3 is 24.1 Å². The number of carbonyl (C=O) groups is 5. The molecule has 0 bridgehead atoms. The largest absolute Gasteiger partial charge is 0.480 e. The average molecular weight is 893 g/mol. The van der Waals surface area contributed by atoms with Crippen LogP contribution in [0.2, 0.25) is 0 Å². The molecule has 0 saturated carbocycles. The van der Waals surface area contributed by atoms with Gasteiger partial charge in [-0.1, -0.05) is 84.9 Å². The van der Waals surface area contributed by atoms with E-state index >= 15 is 0 Å². The van der Waals surface area contributed by atoms with E-state index in [4.69, 9.17) is 33.2 Å². The Hall–Kier alpha value is -6.47. The average Bonchev–Trinajstić information content (AvgIpc) is 3.62. The van der Waals surface area contributed by atoms with Crippen LogP contribution < -0.4 is 30.7 Å². The molecular weight excluding hydrogens is 849 g/mol. The fourth-order valence-electron chi connectivity index (χ4n) is 4.98. The lowest BCUT2D eigenvalue weighted by Crippen LogP contribution is -2.35. The lowest BCUT2D eigenvalue weighted by atomic mass is 10.1. The number of rotatable bonds is 17. The zero-order valence-corrected chi connectivity index (χ0v) is 34.0. The van der Waals surface area contributed by atoms with Crippen LogP contribution in [0.25, 0.3) is 21.7 Å². The van der Waals surface area contributed by atoms with Crippen LogP contribution in [0, 0.1) is 0 Å². The van der Waals surface area contributed by atoms with Crippen LogP contribution in [-0.4, -0.2) is 111 Å². The van der Waals surface area contributed by atoms with Gasteiger partial charge in [-0.05, 0) is 17.2 Å². The highest BCUT2D eigenvalue weighted by atomic mass is 32.2. The van der Waals surface area contributed by atoms with Crippen molar-refractivity contribution in [1.82, 2.24) is 21.3 Å². The minimum atomic E-state index is -3.88. The van der Waals surface area contributed by atoms with E-state index in [9.17, 15) is 40.8 Å². The summed E-state index contributed by atoms with van der Waals surface area (Å²) in [6.07, 6.45) is -1.69. The highest BCUT2D eigenvalue weighted by molar-refractivity contribution is 7.85. The van der Waals surface area contributed by atoms with Crippen LogP contribution in [0.3, 0.4) is 0 Å². The number of hydrogen-bond acceptors (Lipinski definition) is 14. The Labute approximate surface area is 348 Å². The molecular formula is C38H44N4O17S2. The first-order valence-corrected chi connectivity index (χ1v) is 20.8. The van der Waals surface area contributed by atoms with Crippen LogP contribution in [0.1, 0.15) is 28.6 Å². The van der Waals surface area contributed by atoms with Gasteiger partial charge in [0.1, 0.15) is 11.5 Å². The van der Waals surface area contributed by atoms with Gasteiger partial charge in [-0.15, -0.1) is 0 Å². The van der Waals surface area contributed by atoms with Crippen LogP contribution in [0.15, 0.2) is 95.4 Å². The smallest absolute Gasteiger partial charge is 0.412 e. The quantitative estimate of drug-likeness (QED) is 0.0378. The number of benzene rings is 4. The van der Waals surface area contributed by atoms with Gasteiger partial charge in [-0.25, -0.2) is 9.59 Å². The number of aliphatic carboxylic acids is 2. The number of hydrogen-bond donors (Lipinski definition) is 8. The van der Waals surface area contributed by atoms with Crippen molar-refractivity contribution in [2.45, 2.75) is 18.4 Å². The summed E-state index contributed by atoms with van der Waals surface area (Å²) in [6, 6.07) is 25.0. The van der Waals surface area contributed by atoms with Crippen molar-refractivity contribution in [3.8, 4) is 11.5 Å². The Morgan fingerprint density at radius 2 is 0.984 bits per heavy atom. The maximum atomic E-state index is 12.5. The number of carboxylic acids is 2. The van der Waals surface area contributed by atoms with Crippen LogP contribution in [0.5, 0.6) is 11.5 Å². The molecule has 4 aromatic carbocycles. The van der Waals surface area contributed by atoms with Gasteiger partial charge in [0.2, 0.25) is 0 Å². The van der Waals surface area contributed by atoms with Crippen molar-refractivity contribution in [3.63, 3.8) is 0 Å². The molecule has 0 radical (unpaired) electrons. The molecule has 0 spiro atoms. The lowest BCUT2D eigenvalue weighted by Gasteiger charge is -2.14. The van der Waals surface area contributed by atoms with Gasteiger partial charge in [0.15, 0.2) is 28.6 Å². The predicted octanol–water partition coefficient (Wildman–Crippen LogP) is 2.64. The van der Waals surface area contributed by atoms with Crippen LogP contribution >= 0.6 is 0 Å². The fraction of sp³-hybridized carbons (Fsp3) is 0.237. The Morgan fingerprint density at radius 3 is 1.38 bits per heavy atom. The van der Waals surface area contributed by atoms with Gasteiger partial charge < -0.3 is 50.8 Å². The number of ether oxygens (including phenoxy) is 2. The van der Waals surface area contributed by atoms with Crippen molar-refractivity contribution in [2.24, 2.45) is 0 Å². The molecule has 0 aliphatic rings. The molecule has 21 nitrogen and oxygen atoms in total. The van der Waals surface area contributed by atoms with Crippen molar-refractivity contribution in [3.05, 3.63) is 108 Å². The first kappa shape index (κ1) is 50.7. The van der Waals surface area contributed by atoms with Gasteiger partial charge in [0, 0.05) is 43.9 Å². The van der Waals surface area contributed by atoms with E-state index in [2.05, 4.69) is 21.3 Å². The first-order valence-electron chi connectivity index (χ1n) is 17.6. The Bertz CT molecular complexity index is 2320. The summed E-state index contributed by atoms with van der Waals surface area (Å²) in [7, 11) is -7.75. The van der Waals surface area contributed by atoms with Gasteiger partial charge in [-0.3, -0.25) is 23.5 Å². The van der Waals surface area contributed by atoms with Crippen LogP contribution in [0.4, 0.5) is 9.59 Å². The normalized spacial score (nSPS) is 10.8. The standard InChI is InChI=1S/C24H26N4O10.2C7H8O3S.H2O/c1-13(29)17-10-16-20(37-23(34)27-8-6-25-11-18(30)31)14-4-2-3-5-15(14)21(22(16)36-17)38-24(35)28-9-7-26-12-19(32)33;2*8-11(9,10)6-7-4-2-1-3-5-7;/h2-5,10,25-26H,6-9,11-12H2,1H3,(H,27,34)(H,28,35)(H,30,31)(H,32,33);2*1-5H,6H2,(H,8,9,10);1H2. The van der Waals surface area contributed by atoms with Gasteiger partial charge in [-0.2, -0.15) is 16.8 Å². The minimum absolute atomic E-state index is 0. The van der Waals surface area contributed by atoms with Crippen LogP contribution in [-0.2, 0) is 41.3 Å². The third kappa shape index (κ3) is 19.0. The molecule has 2 amide bonds. The van der Waals surface area contributed by atoms with E-state index in [1.54, 1.807) is 84.9 Å². The monoisotopic (exact) mass is 892 g/mol. The number of ketones is 1. The van der Waals surface area contributed by atoms with E-state index in [0.29, 0.717) is 21.9 Å². The predicted molar refractivity (Wildman–Crippen MR) is 220 cm³/mol. The van der Waals surface area contributed by atoms with E-state index in [1.165, 1.54) is 13.0 Å². The Kier molecular flexibility index (Phi) is 20.4. The fourth-order valence-corrected chi connectivity index (χ4v) is 6.21.